The van der Waals surface area contributed by atoms with E-state index in [4.69, 9.17) is 0 Å². The molecule has 1 amide bonds. The van der Waals surface area contributed by atoms with Crippen LogP contribution in [0.25, 0.3) is 0 Å². The van der Waals surface area contributed by atoms with Crippen molar-refractivity contribution in [1.29, 1.82) is 0 Å². The molecule has 7 nitrogen and oxygen atoms in total. The average molecular weight is 348 g/mol. The van der Waals surface area contributed by atoms with E-state index >= 15 is 0 Å². The molecule has 3 rings (SSSR count). The summed E-state index contributed by atoms with van der Waals surface area (Å²) in [4.78, 5) is 14.8. The van der Waals surface area contributed by atoms with Gasteiger partial charge in [-0.25, -0.2) is 13.1 Å². The van der Waals surface area contributed by atoms with E-state index in [0.29, 0.717) is 12.1 Å². The molecule has 2 heterocycles. The van der Waals surface area contributed by atoms with Crippen molar-refractivity contribution >= 4 is 15.9 Å². The Labute approximate surface area is 141 Å². The van der Waals surface area contributed by atoms with Gasteiger partial charge in [-0.1, -0.05) is 0 Å². The van der Waals surface area contributed by atoms with E-state index in [2.05, 4.69) is 9.82 Å². The number of carbonyl (C=O) groups excluding carboxylic acids is 1. The first-order valence-electron chi connectivity index (χ1n) is 7.75. The van der Waals surface area contributed by atoms with Gasteiger partial charge >= 0.3 is 0 Å². The molecule has 8 heteroatoms. The summed E-state index contributed by atoms with van der Waals surface area (Å²) in [5.74, 6) is -0.0882. The third kappa shape index (κ3) is 3.07. The Morgan fingerprint density at radius 1 is 1.29 bits per heavy atom. The van der Waals surface area contributed by atoms with Gasteiger partial charge in [0.15, 0.2) is 0 Å². The average Bonchev–Trinajstić information content (AvgIpc) is 3.23. The Bertz CT molecular complexity index is 842. The number of hydrogen-bond donors (Lipinski definition) is 1. The predicted octanol–water partition coefficient (Wildman–Crippen LogP) is 1.31. The molecule has 0 unspecified atom stereocenters. The molecule has 1 atom stereocenters. The van der Waals surface area contributed by atoms with E-state index in [-0.39, 0.29) is 16.8 Å². The standard InChI is InChI=1S/C16H20N4O3S/c1-17-24(22,23)14-7-5-12(6-8-14)16(21)20-9-3-4-15(20)13-10-18-19(2)11-13/h5-8,10-11,15,17H,3-4,9H2,1-2H3/t15-/m1/s1. The van der Waals surface area contributed by atoms with E-state index in [1.165, 1.54) is 19.2 Å². The Kier molecular flexibility index (Phi) is 4.42. The molecule has 0 radical (unpaired) electrons. The van der Waals surface area contributed by atoms with Crippen LogP contribution in [0.3, 0.4) is 0 Å². The maximum Gasteiger partial charge on any atom is 0.254 e. The fraction of sp³-hybridized carbons (Fsp3) is 0.375. The van der Waals surface area contributed by atoms with Crippen LogP contribution in [0.1, 0.15) is 34.8 Å². The lowest BCUT2D eigenvalue weighted by Crippen LogP contribution is -2.30. The lowest BCUT2D eigenvalue weighted by molar-refractivity contribution is 0.0735. The van der Waals surface area contributed by atoms with Gasteiger partial charge in [0, 0.05) is 30.9 Å². The summed E-state index contributed by atoms with van der Waals surface area (Å²) in [6.07, 6.45) is 5.57. The first kappa shape index (κ1) is 16.7. The third-order valence-corrected chi connectivity index (χ3v) is 5.73. The molecule has 0 bridgehead atoms. The number of rotatable bonds is 4. The number of nitrogens with one attached hydrogen (secondary N) is 1. The third-order valence-electron chi connectivity index (χ3n) is 4.30. The summed E-state index contributed by atoms with van der Waals surface area (Å²) in [5, 5.41) is 4.18. The van der Waals surface area contributed by atoms with Crippen LogP contribution in [0.4, 0.5) is 0 Å². The molecule has 1 aromatic heterocycles. The molecule has 1 N–H and O–H groups in total. The van der Waals surface area contributed by atoms with Gasteiger partial charge in [-0.05, 0) is 44.2 Å². The minimum Gasteiger partial charge on any atom is -0.331 e. The topological polar surface area (TPSA) is 84.3 Å². The van der Waals surface area contributed by atoms with Gasteiger partial charge in [-0.3, -0.25) is 9.48 Å². The SMILES string of the molecule is CNS(=O)(=O)c1ccc(C(=O)N2CCC[C@@H]2c2cnn(C)c2)cc1. The Balaban J connectivity index is 1.83. The molecule has 0 aliphatic carbocycles. The normalized spacial score (nSPS) is 18.1. The minimum absolute atomic E-state index is 0.0203. The van der Waals surface area contributed by atoms with Gasteiger partial charge in [0.1, 0.15) is 0 Å². The van der Waals surface area contributed by atoms with Crippen LogP contribution >= 0.6 is 0 Å². The monoisotopic (exact) mass is 348 g/mol. The van der Waals surface area contributed by atoms with E-state index in [1.807, 2.05) is 18.1 Å². The van der Waals surface area contributed by atoms with Crippen molar-refractivity contribution in [2.24, 2.45) is 7.05 Å². The number of likely N-dealkylation sites (tertiary alicyclic amines) is 1. The van der Waals surface area contributed by atoms with Gasteiger partial charge in [-0.15, -0.1) is 0 Å². The zero-order valence-corrected chi connectivity index (χ0v) is 14.5. The summed E-state index contributed by atoms with van der Waals surface area (Å²) in [7, 11) is -0.286. The molecule has 24 heavy (non-hydrogen) atoms. The van der Waals surface area contributed by atoms with Crippen molar-refractivity contribution < 1.29 is 13.2 Å². The maximum atomic E-state index is 12.8. The number of aryl methyl sites for hydroxylation is 1. The van der Waals surface area contributed by atoms with Crippen LogP contribution in [0, 0.1) is 0 Å². The van der Waals surface area contributed by atoms with Gasteiger partial charge in [0.05, 0.1) is 17.1 Å². The summed E-state index contributed by atoms with van der Waals surface area (Å²) >= 11 is 0. The molecular weight excluding hydrogens is 328 g/mol. The predicted molar refractivity (Wildman–Crippen MR) is 88.9 cm³/mol. The molecule has 1 aromatic carbocycles. The van der Waals surface area contributed by atoms with Crippen LogP contribution < -0.4 is 4.72 Å². The molecule has 2 aromatic rings. The van der Waals surface area contributed by atoms with Gasteiger partial charge in [-0.2, -0.15) is 5.10 Å². The lowest BCUT2D eigenvalue weighted by Gasteiger charge is -2.24. The first-order valence-corrected chi connectivity index (χ1v) is 9.24. The maximum absolute atomic E-state index is 12.8. The van der Waals surface area contributed by atoms with Gasteiger partial charge < -0.3 is 4.90 Å². The van der Waals surface area contributed by atoms with E-state index in [9.17, 15) is 13.2 Å². The van der Waals surface area contributed by atoms with Crippen molar-refractivity contribution in [2.45, 2.75) is 23.8 Å². The zero-order chi connectivity index (χ0) is 17.3. The molecule has 0 saturated carbocycles. The zero-order valence-electron chi connectivity index (χ0n) is 13.6. The van der Waals surface area contributed by atoms with E-state index in [0.717, 1.165) is 18.4 Å². The fourth-order valence-corrected chi connectivity index (χ4v) is 3.76. The number of hydrogen-bond acceptors (Lipinski definition) is 4. The second-order valence-electron chi connectivity index (χ2n) is 5.84. The summed E-state index contributed by atoms with van der Waals surface area (Å²) in [5.41, 5.74) is 1.51. The number of nitrogens with zero attached hydrogens (tertiary/aromatic N) is 3. The van der Waals surface area contributed by atoms with E-state index < -0.39 is 10.0 Å². The number of benzene rings is 1. The fourth-order valence-electron chi connectivity index (χ4n) is 3.03. The van der Waals surface area contributed by atoms with E-state index in [1.54, 1.807) is 23.0 Å². The first-order chi connectivity index (χ1) is 11.4. The van der Waals surface area contributed by atoms with Crippen molar-refractivity contribution in [3.8, 4) is 0 Å². The molecule has 1 saturated heterocycles. The van der Waals surface area contributed by atoms with Crippen LogP contribution in [-0.4, -0.2) is 42.6 Å². The van der Waals surface area contributed by atoms with Crippen LogP contribution in [0.5, 0.6) is 0 Å². The van der Waals surface area contributed by atoms with Crippen molar-refractivity contribution in [3.63, 3.8) is 0 Å². The smallest absolute Gasteiger partial charge is 0.254 e. The number of sulfonamides is 1. The number of aromatic nitrogens is 2. The molecule has 0 spiro atoms. The highest BCUT2D eigenvalue weighted by molar-refractivity contribution is 7.89. The lowest BCUT2D eigenvalue weighted by atomic mass is 10.1. The highest BCUT2D eigenvalue weighted by Gasteiger charge is 2.31. The number of carbonyl (C=O) groups is 1. The summed E-state index contributed by atoms with van der Waals surface area (Å²) in [6.45, 7) is 0.689. The summed E-state index contributed by atoms with van der Waals surface area (Å²) in [6, 6.07) is 6.05. The Morgan fingerprint density at radius 3 is 2.58 bits per heavy atom. The van der Waals surface area contributed by atoms with Crippen molar-refractivity contribution in [3.05, 3.63) is 47.8 Å². The van der Waals surface area contributed by atoms with Gasteiger partial charge in [0.25, 0.3) is 5.91 Å². The molecular formula is C16H20N4O3S. The second kappa shape index (κ2) is 6.37. The van der Waals surface area contributed by atoms with Crippen molar-refractivity contribution in [1.82, 2.24) is 19.4 Å². The molecule has 1 fully saturated rings. The Hall–Kier alpha value is -2.19. The van der Waals surface area contributed by atoms with Gasteiger partial charge in [0.2, 0.25) is 10.0 Å². The van der Waals surface area contributed by atoms with Crippen LogP contribution in [-0.2, 0) is 17.1 Å². The quantitative estimate of drug-likeness (QED) is 0.903. The highest BCUT2D eigenvalue weighted by atomic mass is 32.2. The van der Waals surface area contributed by atoms with Crippen molar-refractivity contribution in [2.75, 3.05) is 13.6 Å². The molecule has 128 valence electrons. The molecule has 1 aliphatic rings. The minimum atomic E-state index is -3.50. The number of amides is 1. The largest absolute Gasteiger partial charge is 0.331 e. The highest BCUT2D eigenvalue weighted by Crippen LogP contribution is 2.32. The van der Waals surface area contributed by atoms with Crippen LogP contribution in [0.15, 0.2) is 41.6 Å². The second-order valence-corrected chi connectivity index (χ2v) is 7.72. The van der Waals surface area contributed by atoms with Crippen LogP contribution in [0.2, 0.25) is 0 Å². The Morgan fingerprint density at radius 2 is 2.00 bits per heavy atom. The molecule has 1 aliphatic heterocycles. The summed E-state index contributed by atoms with van der Waals surface area (Å²) < 4.78 is 27.5.